The molecular weight excluding hydrogens is 344 g/mol. The summed E-state index contributed by atoms with van der Waals surface area (Å²) < 4.78 is 3.14. The lowest BCUT2D eigenvalue weighted by Crippen LogP contribution is -2.45. The molecule has 1 N–H and O–H groups in total. The molecule has 3 aromatic heterocycles. The first kappa shape index (κ1) is 17.4. The number of rotatable bonds is 4. The number of hydrogen-bond acceptors (Lipinski definition) is 7. The molecule has 0 amide bonds. The zero-order valence-electron chi connectivity index (χ0n) is 15.9. The van der Waals surface area contributed by atoms with E-state index in [0.29, 0.717) is 5.78 Å². The van der Waals surface area contributed by atoms with Gasteiger partial charge in [-0.15, -0.1) is 0 Å². The molecule has 9 heteroatoms. The average Bonchev–Trinajstić information content (AvgIpc) is 3.12. The van der Waals surface area contributed by atoms with Crippen LogP contribution < -0.4 is 15.8 Å². The van der Waals surface area contributed by atoms with Crippen LogP contribution in [-0.2, 0) is 7.05 Å². The number of aryl methyl sites for hydroxylation is 2. The van der Waals surface area contributed by atoms with Crippen molar-refractivity contribution in [2.24, 2.45) is 7.05 Å². The Kier molecular flexibility index (Phi) is 4.51. The third-order valence-corrected chi connectivity index (χ3v) is 5.28. The Morgan fingerprint density at radius 2 is 2.11 bits per heavy atom. The van der Waals surface area contributed by atoms with Crippen molar-refractivity contribution >= 4 is 17.4 Å². The maximum Gasteiger partial charge on any atom is 0.266 e. The zero-order chi connectivity index (χ0) is 19.0. The molecule has 1 aliphatic rings. The fourth-order valence-electron chi connectivity index (χ4n) is 3.61. The molecule has 0 aliphatic carbocycles. The molecule has 1 fully saturated rings. The van der Waals surface area contributed by atoms with E-state index in [1.165, 1.54) is 17.4 Å². The van der Waals surface area contributed by atoms with Crippen LogP contribution in [-0.4, -0.2) is 48.5 Å². The summed E-state index contributed by atoms with van der Waals surface area (Å²) in [7, 11) is 1.69. The molecule has 0 saturated carbocycles. The predicted octanol–water partition coefficient (Wildman–Crippen LogP) is 1.31. The summed E-state index contributed by atoms with van der Waals surface area (Å²) in [5.41, 5.74) is 1.91. The number of aromatic nitrogens is 6. The van der Waals surface area contributed by atoms with Crippen molar-refractivity contribution in [2.45, 2.75) is 39.2 Å². The minimum atomic E-state index is -0.0955. The molecule has 0 spiro atoms. The van der Waals surface area contributed by atoms with Crippen molar-refractivity contribution in [1.29, 1.82) is 0 Å². The average molecular weight is 368 g/mol. The monoisotopic (exact) mass is 368 g/mol. The SMILES string of the molecule is Cc1nc2ncnn2c(NCC2CCCCN2c2ccc(=O)n(C)n2)c1C. The van der Waals surface area contributed by atoms with E-state index in [9.17, 15) is 4.79 Å². The number of nitrogens with zero attached hydrogens (tertiary/aromatic N) is 7. The first-order chi connectivity index (χ1) is 13.0. The third kappa shape index (κ3) is 3.24. The Bertz CT molecular complexity index is 1020. The molecule has 27 heavy (non-hydrogen) atoms. The van der Waals surface area contributed by atoms with E-state index in [1.807, 2.05) is 19.9 Å². The molecule has 1 atom stereocenters. The third-order valence-electron chi connectivity index (χ3n) is 5.28. The van der Waals surface area contributed by atoms with Crippen LogP contribution in [0.5, 0.6) is 0 Å². The van der Waals surface area contributed by atoms with Gasteiger partial charge in [-0.3, -0.25) is 4.79 Å². The fourth-order valence-corrected chi connectivity index (χ4v) is 3.61. The highest BCUT2D eigenvalue weighted by Gasteiger charge is 2.24. The Hall–Kier alpha value is -2.97. The summed E-state index contributed by atoms with van der Waals surface area (Å²) in [5, 5.41) is 12.3. The van der Waals surface area contributed by atoms with Gasteiger partial charge in [0, 0.05) is 43.5 Å². The molecule has 3 aromatic rings. The van der Waals surface area contributed by atoms with E-state index in [1.54, 1.807) is 17.6 Å². The lowest BCUT2D eigenvalue weighted by Gasteiger charge is -2.37. The molecule has 0 aromatic carbocycles. The molecule has 4 rings (SSSR count). The number of hydrogen-bond donors (Lipinski definition) is 1. The van der Waals surface area contributed by atoms with Crippen molar-refractivity contribution in [3.63, 3.8) is 0 Å². The smallest absolute Gasteiger partial charge is 0.266 e. The second-order valence-electron chi connectivity index (χ2n) is 7.02. The largest absolute Gasteiger partial charge is 0.368 e. The van der Waals surface area contributed by atoms with Crippen LogP contribution in [0.25, 0.3) is 5.78 Å². The lowest BCUT2D eigenvalue weighted by atomic mass is 10.0. The van der Waals surface area contributed by atoms with Gasteiger partial charge in [0.2, 0.25) is 0 Å². The Balaban J connectivity index is 1.59. The first-order valence-corrected chi connectivity index (χ1v) is 9.26. The minimum Gasteiger partial charge on any atom is -0.368 e. The zero-order valence-corrected chi connectivity index (χ0v) is 15.9. The number of piperidine rings is 1. The summed E-state index contributed by atoms with van der Waals surface area (Å²) in [6.45, 7) is 5.71. The van der Waals surface area contributed by atoms with Gasteiger partial charge in [-0.25, -0.2) is 9.67 Å². The molecule has 1 aliphatic heterocycles. The summed E-state index contributed by atoms with van der Waals surface area (Å²) in [4.78, 5) is 22.6. The number of fused-ring (bicyclic) bond motifs is 1. The second-order valence-corrected chi connectivity index (χ2v) is 7.02. The van der Waals surface area contributed by atoms with Crippen molar-refractivity contribution in [3.8, 4) is 0 Å². The van der Waals surface area contributed by atoms with E-state index in [2.05, 4.69) is 30.4 Å². The summed E-state index contributed by atoms with van der Waals surface area (Å²) >= 11 is 0. The molecule has 0 radical (unpaired) electrons. The van der Waals surface area contributed by atoms with Gasteiger partial charge in [0.25, 0.3) is 11.3 Å². The fraction of sp³-hybridized carbons (Fsp3) is 0.500. The van der Waals surface area contributed by atoms with Crippen molar-refractivity contribution < 1.29 is 0 Å². The standard InChI is InChI=1S/C18H24N8O/c1-12-13(2)22-18-20-11-21-26(18)17(12)19-10-14-6-4-5-9-25(14)15-7-8-16(27)24(3)23-15/h7-8,11,14,19H,4-6,9-10H2,1-3H3. The van der Waals surface area contributed by atoms with Gasteiger partial charge in [0.05, 0.1) is 0 Å². The van der Waals surface area contributed by atoms with E-state index in [4.69, 9.17) is 0 Å². The van der Waals surface area contributed by atoms with Crippen LogP contribution in [0.15, 0.2) is 23.3 Å². The van der Waals surface area contributed by atoms with Crippen molar-refractivity contribution in [3.05, 3.63) is 40.1 Å². The normalized spacial score (nSPS) is 17.4. The van der Waals surface area contributed by atoms with Gasteiger partial charge in [-0.1, -0.05) is 0 Å². The van der Waals surface area contributed by atoms with Crippen molar-refractivity contribution in [2.75, 3.05) is 23.3 Å². The maximum atomic E-state index is 11.7. The topological polar surface area (TPSA) is 93.2 Å². The van der Waals surface area contributed by atoms with E-state index in [0.717, 1.165) is 48.8 Å². The highest BCUT2D eigenvalue weighted by atomic mass is 16.1. The highest BCUT2D eigenvalue weighted by Crippen LogP contribution is 2.24. The van der Waals surface area contributed by atoms with Crippen LogP contribution in [0.3, 0.4) is 0 Å². The Morgan fingerprint density at radius 1 is 1.26 bits per heavy atom. The highest BCUT2D eigenvalue weighted by molar-refractivity contribution is 5.52. The van der Waals surface area contributed by atoms with Crippen LogP contribution in [0, 0.1) is 13.8 Å². The molecule has 1 unspecified atom stereocenters. The Morgan fingerprint density at radius 3 is 2.93 bits per heavy atom. The van der Waals surface area contributed by atoms with E-state index >= 15 is 0 Å². The number of nitrogens with one attached hydrogen (secondary N) is 1. The predicted molar refractivity (Wildman–Crippen MR) is 103 cm³/mol. The van der Waals surface area contributed by atoms with Crippen molar-refractivity contribution in [1.82, 2.24) is 29.4 Å². The molecule has 0 bridgehead atoms. The molecule has 4 heterocycles. The van der Waals surface area contributed by atoms with Gasteiger partial charge < -0.3 is 10.2 Å². The van der Waals surface area contributed by atoms with Gasteiger partial charge in [0.1, 0.15) is 18.0 Å². The quantitative estimate of drug-likeness (QED) is 0.742. The second kappa shape index (κ2) is 6.98. The molecule has 1 saturated heterocycles. The molecular formula is C18H24N8O. The summed E-state index contributed by atoms with van der Waals surface area (Å²) in [5.74, 6) is 2.37. The maximum absolute atomic E-state index is 11.7. The summed E-state index contributed by atoms with van der Waals surface area (Å²) in [6, 6.07) is 3.68. The number of anilines is 2. The van der Waals surface area contributed by atoms with Crippen LogP contribution >= 0.6 is 0 Å². The lowest BCUT2D eigenvalue weighted by molar-refractivity contribution is 0.464. The van der Waals surface area contributed by atoms with Gasteiger partial charge in [-0.05, 0) is 39.2 Å². The van der Waals surface area contributed by atoms with Gasteiger partial charge in [0.15, 0.2) is 0 Å². The summed E-state index contributed by atoms with van der Waals surface area (Å²) in [6.07, 6.45) is 4.90. The molecule has 9 nitrogen and oxygen atoms in total. The molecule has 142 valence electrons. The first-order valence-electron chi connectivity index (χ1n) is 9.26. The van der Waals surface area contributed by atoms with E-state index in [-0.39, 0.29) is 11.6 Å². The van der Waals surface area contributed by atoms with Crippen LogP contribution in [0.1, 0.15) is 30.5 Å². The van der Waals surface area contributed by atoms with Gasteiger partial charge in [-0.2, -0.15) is 19.7 Å². The van der Waals surface area contributed by atoms with Crippen LogP contribution in [0.4, 0.5) is 11.6 Å². The van der Waals surface area contributed by atoms with Crippen LogP contribution in [0.2, 0.25) is 0 Å². The minimum absolute atomic E-state index is 0.0955. The van der Waals surface area contributed by atoms with E-state index < -0.39 is 0 Å². The van der Waals surface area contributed by atoms with Gasteiger partial charge >= 0.3 is 0 Å². The Labute approximate surface area is 157 Å².